The standard InChI is InChI=1S/C25H36F2O/c1-2-3-17-4-9-19(10-5-17)20-11-6-18(7-12-20)8-13-21-14-15-22(23-16-28-23)25(27)24(21)26/h14-15,17-20,23H,2-13,16H2,1H3. The number of hydrogen-bond donors (Lipinski definition) is 0. The zero-order valence-electron chi connectivity index (χ0n) is 17.4. The molecule has 0 bridgehead atoms. The van der Waals surface area contributed by atoms with Crippen molar-refractivity contribution >= 4 is 0 Å². The van der Waals surface area contributed by atoms with Crippen molar-refractivity contribution in [3.8, 4) is 0 Å². The third-order valence-electron chi connectivity index (χ3n) is 7.84. The molecule has 0 spiro atoms. The largest absolute Gasteiger partial charge is 0.368 e. The van der Waals surface area contributed by atoms with Crippen LogP contribution < -0.4 is 0 Å². The van der Waals surface area contributed by atoms with Crippen LogP contribution in [0, 0.1) is 35.3 Å². The maximum absolute atomic E-state index is 14.4. The number of aryl methyl sites for hydroxylation is 1. The van der Waals surface area contributed by atoms with Gasteiger partial charge in [-0.1, -0.05) is 57.6 Å². The highest BCUT2D eigenvalue weighted by molar-refractivity contribution is 5.29. The van der Waals surface area contributed by atoms with Crippen molar-refractivity contribution in [2.24, 2.45) is 23.7 Å². The van der Waals surface area contributed by atoms with Gasteiger partial charge in [-0.15, -0.1) is 0 Å². The average Bonchev–Trinajstić information content (AvgIpc) is 3.56. The van der Waals surface area contributed by atoms with Gasteiger partial charge in [0.15, 0.2) is 11.6 Å². The molecule has 0 amide bonds. The molecule has 1 aromatic rings. The van der Waals surface area contributed by atoms with E-state index in [1.54, 1.807) is 12.1 Å². The number of epoxide rings is 1. The van der Waals surface area contributed by atoms with E-state index in [-0.39, 0.29) is 6.10 Å². The molecule has 1 aromatic carbocycles. The third kappa shape index (κ3) is 4.78. The Balaban J connectivity index is 1.21. The van der Waals surface area contributed by atoms with Crippen LogP contribution in [-0.2, 0) is 11.2 Å². The lowest BCUT2D eigenvalue weighted by Gasteiger charge is -2.38. The minimum absolute atomic E-state index is 0.226. The quantitative estimate of drug-likeness (QED) is 0.442. The fourth-order valence-electron chi connectivity index (χ4n) is 5.94. The predicted molar refractivity (Wildman–Crippen MR) is 109 cm³/mol. The van der Waals surface area contributed by atoms with Gasteiger partial charge in [-0.3, -0.25) is 0 Å². The molecular formula is C25H36F2O. The van der Waals surface area contributed by atoms with Gasteiger partial charge in [0.25, 0.3) is 0 Å². The highest BCUT2D eigenvalue weighted by Gasteiger charge is 2.32. The molecule has 3 fully saturated rings. The Bertz CT molecular complexity index is 638. The van der Waals surface area contributed by atoms with Crippen molar-refractivity contribution in [1.82, 2.24) is 0 Å². The summed E-state index contributed by atoms with van der Waals surface area (Å²) < 4.78 is 33.7. The van der Waals surface area contributed by atoms with Gasteiger partial charge in [0.2, 0.25) is 0 Å². The monoisotopic (exact) mass is 390 g/mol. The van der Waals surface area contributed by atoms with Gasteiger partial charge in [0.1, 0.15) is 6.10 Å². The molecule has 2 saturated carbocycles. The molecule has 28 heavy (non-hydrogen) atoms. The minimum atomic E-state index is -0.692. The second-order valence-corrected chi connectivity index (χ2v) is 9.65. The summed E-state index contributed by atoms with van der Waals surface area (Å²) in [7, 11) is 0. The zero-order chi connectivity index (χ0) is 19.5. The summed E-state index contributed by atoms with van der Waals surface area (Å²) in [6.07, 6.45) is 15.2. The van der Waals surface area contributed by atoms with Crippen LogP contribution in [0.2, 0.25) is 0 Å². The Morgan fingerprint density at radius 2 is 1.39 bits per heavy atom. The normalized spacial score (nSPS) is 33.0. The van der Waals surface area contributed by atoms with Crippen LogP contribution in [0.25, 0.3) is 0 Å². The molecule has 2 aliphatic carbocycles. The molecule has 1 heterocycles. The molecule has 1 aliphatic heterocycles. The molecule has 1 saturated heterocycles. The maximum atomic E-state index is 14.4. The van der Waals surface area contributed by atoms with Gasteiger partial charge in [-0.05, 0) is 67.8 Å². The highest BCUT2D eigenvalue weighted by Crippen LogP contribution is 2.43. The van der Waals surface area contributed by atoms with E-state index in [1.165, 1.54) is 64.2 Å². The summed E-state index contributed by atoms with van der Waals surface area (Å²) in [5.74, 6) is 2.21. The van der Waals surface area contributed by atoms with Crippen LogP contribution in [-0.4, -0.2) is 6.61 Å². The molecule has 4 rings (SSSR count). The van der Waals surface area contributed by atoms with E-state index in [0.717, 1.165) is 24.2 Å². The van der Waals surface area contributed by atoms with E-state index < -0.39 is 11.6 Å². The van der Waals surface area contributed by atoms with Crippen LogP contribution >= 0.6 is 0 Å². The molecule has 1 nitrogen and oxygen atoms in total. The van der Waals surface area contributed by atoms with Crippen LogP contribution in [0.1, 0.15) is 94.8 Å². The first-order valence-corrected chi connectivity index (χ1v) is 11.7. The van der Waals surface area contributed by atoms with Gasteiger partial charge in [0.05, 0.1) is 6.61 Å². The van der Waals surface area contributed by atoms with Crippen LogP contribution in [0.5, 0.6) is 0 Å². The first kappa shape index (κ1) is 20.3. The lowest BCUT2D eigenvalue weighted by Crippen LogP contribution is -2.26. The van der Waals surface area contributed by atoms with Gasteiger partial charge < -0.3 is 4.74 Å². The molecule has 0 N–H and O–H groups in total. The molecule has 3 heteroatoms. The Hall–Kier alpha value is -0.960. The summed E-state index contributed by atoms with van der Waals surface area (Å²) >= 11 is 0. The minimum Gasteiger partial charge on any atom is -0.368 e. The number of rotatable bonds is 7. The van der Waals surface area contributed by atoms with Crippen molar-refractivity contribution in [3.63, 3.8) is 0 Å². The molecule has 3 aliphatic rings. The topological polar surface area (TPSA) is 12.5 Å². The van der Waals surface area contributed by atoms with Gasteiger partial charge in [0, 0.05) is 5.56 Å². The zero-order valence-corrected chi connectivity index (χ0v) is 17.4. The van der Waals surface area contributed by atoms with E-state index in [0.29, 0.717) is 30.1 Å². The number of ether oxygens (including phenoxy) is 1. The SMILES string of the molecule is CCCC1CCC(C2CCC(CCc3ccc(C4CO4)c(F)c3F)CC2)CC1. The van der Waals surface area contributed by atoms with Crippen molar-refractivity contribution < 1.29 is 13.5 Å². The number of benzene rings is 1. The first-order chi connectivity index (χ1) is 13.7. The predicted octanol–water partition coefficient (Wildman–Crippen LogP) is 7.38. The van der Waals surface area contributed by atoms with Crippen molar-refractivity contribution in [1.29, 1.82) is 0 Å². The number of halogens is 2. The van der Waals surface area contributed by atoms with Crippen LogP contribution in [0.4, 0.5) is 8.78 Å². The van der Waals surface area contributed by atoms with E-state index in [4.69, 9.17) is 4.74 Å². The highest BCUT2D eigenvalue weighted by atomic mass is 19.2. The van der Waals surface area contributed by atoms with Crippen LogP contribution in [0.3, 0.4) is 0 Å². The van der Waals surface area contributed by atoms with Gasteiger partial charge >= 0.3 is 0 Å². The van der Waals surface area contributed by atoms with Gasteiger partial charge in [-0.25, -0.2) is 8.78 Å². The lowest BCUT2D eigenvalue weighted by atomic mass is 9.68. The molecule has 0 radical (unpaired) electrons. The maximum Gasteiger partial charge on any atom is 0.164 e. The Kier molecular flexibility index (Phi) is 6.70. The first-order valence-electron chi connectivity index (χ1n) is 11.7. The Labute approximate surface area is 169 Å². The fourth-order valence-corrected chi connectivity index (χ4v) is 5.94. The number of hydrogen-bond acceptors (Lipinski definition) is 1. The molecule has 0 aromatic heterocycles. The molecule has 1 atom stereocenters. The summed E-state index contributed by atoms with van der Waals surface area (Å²) in [6, 6.07) is 3.49. The second kappa shape index (κ2) is 9.24. The molecule has 156 valence electrons. The third-order valence-corrected chi connectivity index (χ3v) is 7.84. The Morgan fingerprint density at radius 3 is 1.93 bits per heavy atom. The smallest absolute Gasteiger partial charge is 0.164 e. The fraction of sp³-hybridized carbons (Fsp3) is 0.760. The summed E-state index contributed by atoms with van der Waals surface area (Å²) in [4.78, 5) is 0. The molecular weight excluding hydrogens is 354 g/mol. The van der Waals surface area contributed by atoms with Crippen molar-refractivity contribution in [2.75, 3.05) is 6.61 Å². The van der Waals surface area contributed by atoms with E-state index in [1.807, 2.05) is 0 Å². The lowest BCUT2D eigenvalue weighted by molar-refractivity contribution is 0.141. The summed E-state index contributed by atoms with van der Waals surface area (Å²) in [5, 5.41) is 0. The van der Waals surface area contributed by atoms with E-state index in [9.17, 15) is 8.78 Å². The second-order valence-electron chi connectivity index (χ2n) is 9.65. The van der Waals surface area contributed by atoms with Crippen molar-refractivity contribution in [3.05, 3.63) is 34.9 Å². The van der Waals surface area contributed by atoms with Crippen LogP contribution in [0.15, 0.2) is 12.1 Å². The van der Waals surface area contributed by atoms with Crippen molar-refractivity contribution in [2.45, 2.75) is 90.1 Å². The summed E-state index contributed by atoms with van der Waals surface area (Å²) in [5.41, 5.74) is 0.925. The molecule has 1 unspecified atom stereocenters. The van der Waals surface area contributed by atoms with E-state index in [2.05, 4.69) is 6.92 Å². The van der Waals surface area contributed by atoms with Gasteiger partial charge in [-0.2, -0.15) is 0 Å². The van der Waals surface area contributed by atoms with E-state index >= 15 is 0 Å². The summed E-state index contributed by atoms with van der Waals surface area (Å²) in [6.45, 7) is 2.82. The average molecular weight is 391 g/mol. The Morgan fingerprint density at radius 1 is 0.821 bits per heavy atom.